The smallest absolute Gasteiger partial charge is 0.251 e. The second-order valence-corrected chi connectivity index (χ2v) is 8.26. The summed E-state index contributed by atoms with van der Waals surface area (Å²) in [5.41, 5.74) is 7.21. The number of ether oxygens (including phenoxy) is 1. The normalized spacial score (nSPS) is 11.0. The van der Waals surface area contributed by atoms with Crippen molar-refractivity contribution in [2.45, 2.75) is 40.8 Å². The van der Waals surface area contributed by atoms with Gasteiger partial charge in [-0.05, 0) is 74.7 Å². The van der Waals surface area contributed by atoms with Crippen LogP contribution in [-0.4, -0.2) is 22.1 Å². The lowest BCUT2D eigenvalue weighted by molar-refractivity contribution is 0.0949. The number of hydrogen-bond donors (Lipinski definition) is 1. The molecule has 4 rings (SSSR count). The summed E-state index contributed by atoms with van der Waals surface area (Å²) in [4.78, 5) is 17.5. The van der Waals surface area contributed by atoms with Gasteiger partial charge in [-0.15, -0.1) is 0 Å². The van der Waals surface area contributed by atoms with Crippen LogP contribution in [0.25, 0.3) is 11.0 Å². The number of fused-ring (bicyclic) bond motifs is 1. The summed E-state index contributed by atoms with van der Waals surface area (Å²) >= 11 is 0. The SMILES string of the molecule is Cc1ccc(C(=O)NCc2nc3ccccc3n2CCOc2ccc(C)c(C)c2)c(C)c1. The number of para-hydroxylation sites is 2. The zero-order valence-electron chi connectivity index (χ0n) is 19.1. The van der Waals surface area contributed by atoms with Gasteiger partial charge in [-0.3, -0.25) is 4.79 Å². The summed E-state index contributed by atoms with van der Waals surface area (Å²) in [6.07, 6.45) is 0. The fourth-order valence-corrected chi connectivity index (χ4v) is 3.89. The lowest BCUT2D eigenvalue weighted by atomic mass is 10.1. The predicted octanol–water partition coefficient (Wildman–Crippen LogP) is 5.28. The van der Waals surface area contributed by atoms with Crippen molar-refractivity contribution < 1.29 is 9.53 Å². The van der Waals surface area contributed by atoms with Gasteiger partial charge in [-0.2, -0.15) is 0 Å². The molecule has 0 aliphatic rings. The maximum Gasteiger partial charge on any atom is 0.251 e. The zero-order chi connectivity index (χ0) is 22.7. The highest BCUT2D eigenvalue weighted by Crippen LogP contribution is 2.19. The van der Waals surface area contributed by atoms with Gasteiger partial charge < -0.3 is 14.6 Å². The number of rotatable bonds is 7. The Labute approximate surface area is 189 Å². The van der Waals surface area contributed by atoms with Crippen LogP contribution in [0, 0.1) is 27.7 Å². The number of aromatic nitrogens is 2. The van der Waals surface area contributed by atoms with E-state index in [4.69, 9.17) is 9.72 Å². The third-order valence-electron chi connectivity index (χ3n) is 5.83. The average molecular weight is 428 g/mol. The van der Waals surface area contributed by atoms with Gasteiger partial charge in [0, 0.05) is 5.56 Å². The number of nitrogens with zero attached hydrogens (tertiary/aromatic N) is 2. The Morgan fingerprint density at radius 2 is 1.75 bits per heavy atom. The molecule has 0 atom stereocenters. The van der Waals surface area contributed by atoms with Gasteiger partial charge in [-0.25, -0.2) is 4.98 Å². The fraction of sp³-hybridized carbons (Fsp3) is 0.259. The number of imidazole rings is 1. The highest BCUT2D eigenvalue weighted by atomic mass is 16.5. The highest BCUT2D eigenvalue weighted by molar-refractivity contribution is 5.95. The van der Waals surface area contributed by atoms with E-state index >= 15 is 0 Å². The number of aryl methyl sites for hydroxylation is 4. The molecule has 0 fully saturated rings. The predicted molar refractivity (Wildman–Crippen MR) is 128 cm³/mol. The first-order chi connectivity index (χ1) is 15.4. The van der Waals surface area contributed by atoms with Gasteiger partial charge in [0.15, 0.2) is 0 Å². The summed E-state index contributed by atoms with van der Waals surface area (Å²) in [6, 6.07) is 20.0. The minimum atomic E-state index is -0.0903. The molecule has 1 amide bonds. The first-order valence-corrected chi connectivity index (χ1v) is 10.9. The second kappa shape index (κ2) is 9.27. The maximum absolute atomic E-state index is 12.8. The van der Waals surface area contributed by atoms with Gasteiger partial charge in [0.1, 0.15) is 18.2 Å². The lowest BCUT2D eigenvalue weighted by Gasteiger charge is -2.13. The molecule has 0 unspecified atom stereocenters. The van der Waals surface area contributed by atoms with E-state index in [1.165, 1.54) is 11.1 Å². The van der Waals surface area contributed by atoms with Crippen molar-refractivity contribution in [1.82, 2.24) is 14.9 Å². The van der Waals surface area contributed by atoms with Crippen molar-refractivity contribution in [2.24, 2.45) is 0 Å². The van der Waals surface area contributed by atoms with Gasteiger partial charge in [0.2, 0.25) is 0 Å². The number of amides is 1. The molecular formula is C27H29N3O2. The molecule has 3 aromatic carbocycles. The van der Waals surface area contributed by atoms with Crippen LogP contribution in [0.1, 0.15) is 38.4 Å². The number of carbonyl (C=O) groups is 1. The largest absolute Gasteiger partial charge is 0.492 e. The van der Waals surface area contributed by atoms with E-state index in [1.54, 1.807) is 0 Å². The van der Waals surface area contributed by atoms with E-state index in [2.05, 4.69) is 35.9 Å². The van der Waals surface area contributed by atoms with Crippen molar-refractivity contribution in [2.75, 3.05) is 6.61 Å². The minimum Gasteiger partial charge on any atom is -0.492 e. The maximum atomic E-state index is 12.8. The Morgan fingerprint density at radius 3 is 2.53 bits per heavy atom. The molecular weight excluding hydrogens is 398 g/mol. The third kappa shape index (κ3) is 4.67. The van der Waals surface area contributed by atoms with Crippen LogP contribution in [0.5, 0.6) is 5.75 Å². The molecule has 5 heteroatoms. The first-order valence-electron chi connectivity index (χ1n) is 10.9. The van der Waals surface area contributed by atoms with E-state index in [1.807, 2.05) is 62.4 Å². The van der Waals surface area contributed by atoms with Crippen molar-refractivity contribution >= 4 is 16.9 Å². The Balaban J connectivity index is 1.49. The van der Waals surface area contributed by atoms with Gasteiger partial charge >= 0.3 is 0 Å². The fourth-order valence-electron chi connectivity index (χ4n) is 3.89. The molecule has 0 saturated carbocycles. The molecule has 32 heavy (non-hydrogen) atoms. The molecule has 0 spiro atoms. The third-order valence-corrected chi connectivity index (χ3v) is 5.83. The molecule has 1 N–H and O–H groups in total. The van der Waals surface area contributed by atoms with Crippen LogP contribution >= 0.6 is 0 Å². The minimum absolute atomic E-state index is 0.0903. The van der Waals surface area contributed by atoms with Gasteiger partial charge in [-0.1, -0.05) is 35.9 Å². The summed E-state index contributed by atoms with van der Waals surface area (Å²) in [6.45, 7) is 9.67. The van der Waals surface area contributed by atoms with Crippen molar-refractivity contribution in [1.29, 1.82) is 0 Å². The molecule has 0 saturated heterocycles. The van der Waals surface area contributed by atoms with E-state index in [0.717, 1.165) is 33.7 Å². The summed E-state index contributed by atoms with van der Waals surface area (Å²) in [5.74, 6) is 1.59. The van der Waals surface area contributed by atoms with Gasteiger partial charge in [0.25, 0.3) is 5.91 Å². The number of benzene rings is 3. The lowest BCUT2D eigenvalue weighted by Crippen LogP contribution is -2.26. The van der Waals surface area contributed by atoms with Crippen LogP contribution in [-0.2, 0) is 13.1 Å². The Kier molecular flexibility index (Phi) is 6.26. The number of nitrogens with one attached hydrogen (secondary N) is 1. The standard InChI is InChI=1S/C27H29N3O2/c1-18-9-12-23(21(4)15-18)27(31)28-17-26-29-24-7-5-6-8-25(24)30(26)13-14-32-22-11-10-19(2)20(3)16-22/h5-12,15-16H,13-14,17H2,1-4H3,(H,28,31). The molecule has 5 nitrogen and oxygen atoms in total. The van der Waals surface area contributed by atoms with Crippen LogP contribution in [0.4, 0.5) is 0 Å². The Morgan fingerprint density at radius 1 is 0.938 bits per heavy atom. The highest BCUT2D eigenvalue weighted by Gasteiger charge is 2.14. The van der Waals surface area contributed by atoms with Crippen molar-refractivity contribution in [3.63, 3.8) is 0 Å². The topological polar surface area (TPSA) is 56.2 Å². The summed E-state index contributed by atoms with van der Waals surface area (Å²) < 4.78 is 8.13. The Hall–Kier alpha value is -3.60. The van der Waals surface area contributed by atoms with Crippen LogP contribution < -0.4 is 10.1 Å². The molecule has 0 aliphatic carbocycles. The van der Waals surface area contributed by atoms with Crippen LogP contribution in [0.3, 0.4) is 0 Å². The molecule has 164 valence electrons. The van der Waals surface area contributed by atoms with Crippen LogP contribution in [0.2, 0.25) is 0 Å². The van der Waals surface area contributed by atoms with Crippen LogP contribution in [0.15, 0.2) is 60.7 Å². The molecule has 4 aromatic rings. The van der Waals surface area contributed by atoms with E-state index < -0.39 is 0 Å². The van der Waals surface area contributed by atoms with E-state index in [-0.39, 0.29) is 5.91 Å². The monoisotopic (exact) mass is 427 g/mol. The number of hydrogen-bond acceptors (Lipinski definition) is 3. The molecule has 0 radical (unpaired) electrons. The van der Waals surface area contributed by atoms with E-state index in [9.17, 15) is 4.79 Å². The quantitative estimate of drug-likeness (QED) is 0.437. The first kappa shape index (κ1) is 21.6. The number of carbonyl (C=O) groups excluding carboxylic acids is 1. The molecule has 0 bridgehead atoms. The van der Waals surface area contributed by atoms with E-state index in [0.29, 0.717) is 25.3 Å². The average Bonchev–Trinajstić information content (AvgIpc) is 3.12. The Bertz CT molecular complexity index is 1270. The van der Waals surface area contributed by atoms with Crippen molar-refractivity contribution in [3.8, 4) is 5.75 Å². The molecule has 1 aromatic heterocycles. The van der Waals surface area contributed by atoms with Gasteiger partial charge in [0.05, 0.1) is 24.1 Å². The molecule has 1 heterocycles. The second-order valence-electron chi connectivity index (χ2n) is 8.26. The summed E-state index contributed by atoms with van der Waals surface area (Å²) in [7, 11) is 0. The van der Waals surface area contributed by atoms with Crippen molar-refractivity contribution in [3.05, 3.63) is 94.3 Å². The summed E-state index contributed by atoms with van der Waals surface area (Å²) in [5, 5.41) is 3.04. The molecule has 0 aliphatic heterocycles. The zero-order valence-corrected chi connectivity index (χ0v) is 19.1.